The third kappa shape index (κ3) is 3.20. The number of hydrogen-bond donors (Lipinski definition) is 2. The predicted octanol–water partition coefficient (Wildman–Crippen LogP) is 3.87. The van der Waals surface area contributed by atoms with Crippen LogP contribution in [-0.2, 0) is 12.8 Å². The molecule has 1 heterocycles. The summed E-state index contributed by atoms with van der Waals surface area (Å²) in [5.41, 5.74) is 9.66. The molecule has 26 heavy (non-hydrogen) atoms. The first kappa shape index (κ1) is 16.4. The molecule has 0 amide bonds. The number of nitrogen functional groups attached to an aromatic ring is 1. The van der Waals surface area contributed by atoms with Crippen molar-refractivity contribution in [1.82, 2.24) is 9.97 Å². The first-order valence-corrected chi connectivity index (χ1v) is 8.87. The standard InChI is InChI=1S/C21H21N3O2/c22-21-16-7-4-8-17(25)15(16)9-10-18(21)26-19(13-20-23-11-12-24-20)14-5-2-1-3-6-14/h1-3,5-6,9-12,19H,4,7-8,13,22H2,(H,23,24)/t19-/m0/s1. The number of hydrogen-bond acceptors (Lipinski definition) is 4. The minimum Gasteiger partial charge on any atom is -0.483 e. The van der Waals surface area contributed by atoms with Gasteiger partial charge < -0.3 is 15.5 Å². The molecule has 0 unspecified atom stereocenters. The summed E-state index contributed by atoms with van der Waals surface area (Å²) in [5, 5.41) is 0. The van der Waals surface area contributed by atoms with Gasteiger partial charge in [-0.25, -0.2) is 4.98 Å². The molecular formula is C21H21N3O2. The number of carbonyl (C=O) groups is 1. The molecule has 0 saturated heterocycles. The highest BCUT2D eigenvalue weighted by Crippen LogP contribution is 2.36. The van der Waals surface area contributed by atoms with Gasteiger partial charge in [0.1, 0.15) is 17.7 Å². The van der Waals surface area contributed by atoms with Crippen molar-refractivity contribution in [3.05, 3.63) is 77.4 Å². The topological polar surface area (TPSA) is 81.0 Å². The first-order valence-electron chi connectivity index (χ1n) is 8.87. The molecule has 2 aromatic carbocycles. The molecule has 5 nitrogen and oxygen atoms in total. The summed E-state index contributed by atoms with van der Waals surface area (Å²) in [5.74, 6) is 1.64. The second-order valence-electron chi connectivity index (χ2n) is 6.54. The van der Waals surface area contributed by atoms with E-state index in [9.17, 15) is 4.79 Å². The zero-order valence-electron chi connectivity index (χ0n) is 14.4. The fraction of sp³-hybridized carbons (Fsp3) is 0.238. The smallest absolute Gasteiger partial charge is 0.163 e. The Kier molecular flexibility index (Phi) is 4.44. The number of aromatic nitrogens is 2. The van der Waals surface area contributed by atoms with Crippen LogP contribution in [-0.4, -0.2) is 15.8 Å². The highest BCUT2D eigenvalue weighted by molar-refractivity contribution is 6.00. The van der Waals surface area contributed by atoms with Crippen molar-refractivity contribution in [3.63, 3.8) is 0 Å². The molecule has 0 saturated carbocycles. The lowest BCUT2D eigenvalue weighted by atomic mass is 9.89. The van der Waals surface area contributed by atoms with Crippen molar-refractivity contribution in [2.75, 3.05) is 5.73 Å². The summed E-state index contributed by atoms with van der Waals surface area (Å²) < 4.78 is 6.31. The summed E-state index contributed by atoms with van der Waals surface area (Å²) in [7, 11) is 0. The monoisotopic (exact) mass is 347 g/mol. The Labute approximate surface area is 152 Å². The number of nitrogens with zero attached hydrogens (tertiary/aromatic N) is 1. The quantitative estimate of drug-likeness (QED) is 0.687. The molecule has 1 aromatic heterocycles. The number of ether oxygens (including phenoxy) is 1. The molecule has 0 spiro atoms. The molecule has 1 aliphatic rings. The van der Waals surface area contributed by atoms with Crippen LogP contribution in [0, 0.1) is 0 Å². The third-order valence-corrected chi connectivity index (χ3v) is 4.82. The van der Waals surface area contributed by atoms with Crippen LogP contribution in [0.2, 0.25) is 0 Å². The number of nitrogens with one attached hydrogen (secondary N) is 1. The van der Waals surface area contributed by atoms with Crippen LogP contribution >= 0.6 is 0 Å². The molecule has 0 bridgehead atoms. The Morgan fingerprint density at radius 1 is 1.15 bits per heavy atom. The maximum atomic E-state index is 12.1. The van der Waals surface area contributed by atoms with E-state index in [0.29, 0.717) is 24.3 Å². The van der Waals surface area contributed by atoms with E-state index < -0.39 is 0 Å². The number of H-pyrrole nitrogens is 1. The molecule has 5 heteroatoms. The third-order valence-electron chi connectivity index (χ3n) is 4.82. The van der Waals surface area contributed by atoms with Gasteiger partial charge in [0.05, 0.1) is 5.69 Å². The average Bonchev–Trinajstić information content (AvgIpc) is 3.18. The minimum atomic E-state index is -0.220. The van der Waals surface area contributed by atoms with Crippen LogP contribution in [0.25, 0.3) is 0 Å². The van der Waals surface area contributed by atoms with Gasteiger partial charge in [0.2, 0.25) is 0 Å². The zero-order chi connectivity index (χ0) is 17.9. The minimum absolute atomic E-state index is 0.166. The number of ketones is 1. The van der Waals surface area contributed by atoms with Crippen LogP contribution < -0.4 is 10.5 Å². The van der Waals surface area contributed by atoms with Crippen LogP contribution in [0.15, 0.2) is 54.9 Å². The van der Waals surface area contributed by atoms with Crippen LogP contribution in [0.4, 0.5) is 5.69 Å². The molecule has 3 aromatic rings. The van der Waals surface area contributed by atoms with E-state index in [2.05, 4.69) is 9.97 Å². The number of nitrogens with two attached hydrogens (primary N) is 1. The van der Waals surface area contributed by atoms with E-state index in [0.717, 1.165) is 35.4 Å². The van der Waals surface area contributed by atoms with Crippen molar-refractivity contribution in [1.29, 1.82) is 0 Å². The summed E-state index contributed by atoms with van der Waals surface area (Å²) in [4.78, 5) is 19.5. The Morgan fingerprint density at radius 3 is 2.77 bits per heavy atom. The summed E-state index contributed by atoms with van der Waals surface area (Å²) in [6.07, 6.45) is 6.17. The number of fused-ring (bicyclic) bond motifs is 1. The Hall–Kier alpha value is -3.08. The van der Waals surface area contributed by atoms with Gasteiger partial charge in [-0.05, 0) is 36.1 Å². The number of benzene rings is 2. The van der Waals surface area contributed by atoms with Crippen LogP contribution in [0.1, 0.15) is 46.3 Å². The molecule has 3 N–H and O–H groups in total. The molecule has 0 fully saturated rings. The summed E-state index contributed by atoms with van der Waals surface area (Å²) >= 11 is 0. The van der Waals surface area contributed by atoms with Gasteiger partial charge >= 0.3 is 0 Å². The molecular weight excluding hydrogens is 326 g/mol. The lowest BCUT2D eigenvalue weighted by molar-refractivity contribution is 0.0972. The van der Waals surface area contributed by atoms with Crippen molar-refractivity contribution in [2.24, 2.45) is 0 Å². The van der Waals surface area contributed by atoms with E-state index >= 15 is 0 Å². The van der Waals surface area contributed by atoms with E-state index in [1.807, 2.05) is 42.5 Å². The van der Waals surface area contributed by atoms with Gasteiger partial charge in [-0.15, -0.1) is 0 Å². The number of imidazole rings is 1. The van der Waals surface area contributed by atoms with Gasteiger partial charge in [0, 0.05) is 30.8 Å². The average molecular weight is 347 g/mol. The Balaban J connectivity index is 1.66. The first-order chi connectivity index (χ1) is 12.7. The summed E-state index contributed by atoms with van der Waals surface area (Å²) in [6, 6.07) is 13.7. The normalized spacial score (nSPS) is 14.7. The van der Waals surface area contributed by atoms with Crippen molar-refractivity contribution in [3.8, 4) is 5.75 Å². The predicted molar refractivity (Wildman–Crippen MR) is 100 cm³/mol. The maximum absolute atomic E-state index is 12.1. The lowest BCUT2D eigenvalue weighted by Crippen LogP contribution is -2.16. The number of Topliss-reactive ketones (excluding diaryl/α,β-unsaturated/α-hetero) is 1. The van der Waals surface area contributed by atoms with E-state index in [4.69, 9.17) is 10.5 Å². The van der Waals surface area contributed by atoms with Crippen molar-refractivity contribution < 1.29 is 9.53 Å². The summed E-state index contributed by atoms with van der Waals surface area (Å²) in [6.45, 7) is 0. The lowest BCUT2D eigenvalue weighted by Gasteiger charge is -2.23. The maximum Gasteiger partial charge on any atom is 0.163 e. The Bertz CT molecular complexity index is 905. The number of carbonyl (C=O) groups excluding carboxylic acids is 1. The van der Waals surface area contributed by atoms with E-state index in [-0.39, 0.29) is 11.9 Å². The van der Waals surface area contributed by atoms with E-state index in [1.54, 1.807) is 12.4 Å². The second-order valence-corrected chi connectivity index (χ2v) is 6.54. The number of anilines is 1. The number of aromatic amines is 1. The van der Waals surface area contributed by atoms with Crippen LogP contribution in [0.3, 0.4) is 0 Å². The highest BCUT2D eigenvalue weighted by atomic mass is 16.5. The SMILES string of the molecule is Nc1c(O[C@@H](Cc2ncc[nH]2)c2ccccc2)ccc2c1CCCC2=O. The van der Waals surface area contributed by atoms with Crippen molar-refractivity contribution in [2.45, 2.75) is 31.8 Å². The Morgan fingerprint density at radius 2 is 2.00 bits per heavy atom. The molecule has 4 rings (SSSR count). The van der Waals surface area contributed by atoms with Crippen molar-refractivity contribution >= 4 is 11.5 Å². The van der Waals surface area contributed by atoms with Gasteiger partial charge in [0.25, 0.3) is 0 Å². The molecule has 0 aliphatic heterocycles. The zero-order valence-corrected chi connectivity index (χ0v) is 14.4. The van der Waals surface area contributed by atoms with Gasteiger partial charge in [-0.2, -0.15) is 0 Å². The number of rotatable bonds is 5. The van der Waals surface area contributed by atoms with Gasteiger partial charge in [0.15, 0.2) is 5.78 Å². The van der Waals surface area contributed by atoms with Crippen LogP contribution in [0.5, 0.6) is 5.75 Å². The highest BCUT2D eigenvalue weighted by Gasteiger charge is 2.23. The van der Waals surface area contributed by atoms with Gasteiger partial charge in [-0.3, -0.25) is 4.79 Å². The molecule has 132 valence electrons. The van der Waals surface area contributed by atoms with E-state index in [1.165, 1.54) is 0 Å². The molecule has 0 radical (unpaired) electrons. The van der Waals surface area contributed by atoms with Gasteiger partial charge in [-0.1, -0.05) is 30.3 Å². The molecule has 1 atom stereocenters. The largest absolute Gasteiger partial charge is 0.483 e. The molecule has 1 aliphatic carbocycles. The fourth-order valence-electron chi connectivity index (χ4n) is 3.47. The second kappa shape index (κ2) is 7.04. The fourth-order valence-corrected chi connectivity index (χ4v) is 3.47.